The van der Waals surface area contributed by atoms with E-state index in [1.165, 1.54) is 11.8 Å². The van der Waals surface area contributed by atoms with Crippen molar-refractivity contribution in [1.82, 2.24) is 19.7 Å². The monoisotopic (exact) mass is 293 g/mol. The molecule has 0 bridgehead atoms. The molecule has 0 saturated heterocycles. The Labute approximate surface area is 121 Å². The molecule has 0 amide bonds. The van der Waals surface area contributed by atoms with Gasteiger partial charge in [-0.3, -0.25) is 4.57 Å². The van der Waals surface area contributed by atoms with Gasteiger partial charge in [0, 0.05) is 18.8 Å². The molecule has 0 spiro atoms. The van der Waals surface area contributed by atoms with Gasteiger partial charge in [0.2, 0.25) is 0 Å². The molecule has 0 aliphatic heterocycles. The number of nitrogens with one attached hydrogen (secondary N) is 1. The fourth-order valence-corrected chi connectivity index (χ4v) is 2.63. The zero-order valence-electron chi connectivity index (χ0n) is 11.7. The van der Waals surface area contributed by atoms with Crippen LogP contribution in [-0.4, -0.2) is 25.8 Å². The van der Waals surface area contributed by atoms with Crippen LogP contribution in [0.2, 0.25) is 0 Å². The van der Waals surface area contributed by atoms with Gasteiger partial charge in [0.05, 0.1) is 0 Å². The summed E-state index contributed by atoms with van der Waals surface area (Å²) in [6.07, 6.45) is 3.61. The Balaban J connectivity index is 2.09. The Bertz CT molecular complexity index is 604. The van der Waals surface area contributed by atoms with Gasteiger partial charge in [-0.1, -0.05) is 13.0 Å². The maximum atomic E-state index is 11.5. The number of aromatic nitrogens is 4. The second kappa shape index (κ2) is 6.71. The van der Waals surface area contributed by atoms with Crippen LogP contribution in [0.1, 0.15) is 25.8 Å². The summed E-state index contributed by atoms with van der Waals surface area (Å²) in [5, 5.41) is 7.88. The summed E-state index contributed by atoms with van der Waals surface area (Å²) >= 11 is 1.37. The third-order valence-corrected chi connectivity index (χ3v) is 4.00. The molecule has 7 heteroatoms. The zero-order chi connectivity index (χ0) is 14.5. The van der Waals surface area contributed by atoms with Gasteiger partial charge in [-0.25, -0.2) is 14.9 Å². The number of nitrogens with two attached hydrogens (primary N) is 1. The van der Waals surface area contributed by atoms with E-state index in [1.807, 2.05) is 25.3 Å². The summed E-state index contributed by atoms with van der Waals surface area (Å²) in [4.78, 5) is 15.9. The van der Waals surface area contributed by atoms with E-state index in [0.717, 1.165) is 23.4 Å². The third-order valence-electron chi connectivity index (χ3n) is 3.06. The lowest BCUT2D eigenvalue weighted by Crippen LogP contribution is -2.21. The molecule has 20 heavy (non-hydrogen) atoms. The molecule has 0 radical (unpaired) electrons. The predicted molar refractivity (Wildman–Crippen MR) is 78.9 cm³/mol. The maximum absolute atomic E-state index is 11.5. The van der Waals surface area contributed by atoms with Crippen LogP contribution >= 0.6 is 11.8 Å². The van der Waals surface area contributed by atoms with Crippen LogP contribution in [0, 0.1) is 0 Å². The number of rotatable bonds is 6. The van der Waals surface area contributed by atoms with Crippen LogP contribution in [0.4, 0.5) is 0 Å². The number of nitrogens with zero attached hydrogens (tertiary/aromatic N) is 3. The quantitative estimate of drug-likeness (QED) is 0.840. The molecule has 0 aromatic carbocycles. The van der Waals surface area contributed by atoms with Crippen LogP contribution in [0.25, 0.3) is 0 Å². The molecule has 0 aliphatic rings. The molecule has 0 fully saturated rings. The number of hydrogen-bond donors (Lipinski definition) is 2. The molecule has 2 aromatic rings. The van der Waals surface area contributed by atoms with Crippen molar-refractivity contribution in [1.29, 1.82) is 0 Å². The lowest BCUT2D eigenvalue weighted by atomic mass is 10.1. The summed E-state index contributed by atoms with van der Waals surface area (Å²) in [6.45, 7) is 4.56. The van der Waals surface area contributed by atoms with Crippen LogP contribution < -0.4 is 11.4 Å². The number of H-pyrrole nitrogens is 1. The van der Waals surface area contributed by atoms with Gasteiger partial charge >= 0.3 is 5.69 Å². The van der Waals surface area contributed by atoms with Gasteiger partial charge in [0.15, 0.2) is 5.16 Å². The lowest BCUT2D eigenvalue weighted by Gasteiger charge is -2.08. The largest absolute Gasteiger partial charge is 0.343 e. The smallest absolute Gasteiger partial charge is 0.327 e. The van der Waals surface area contributed by atoms with E-state index in [2.05, 4.69) is 22.1 Å². The second-order valence-corrected chi connectivity index (χ2v) is 5.52. The highest BCUT2D eigenvalue weighted by atomic mass is 32.2. The van der Waals surface area contributed by atoms with Gasteiger partial charge in [0.1, 0.15) is 5.03 Å². The maximum Gasteiger partial charge on any atom is 0.343 e. The highest BCUT2D eigenvalue weighted by molar-refractivity contribution is 7.99. The van der Waals surface area contributed by atoms with Crippen molar-refractivity contribution < 1.29 is 0 Å². The summed E-state index contributed by atoms with van der Waals surface area (Å²) in [5.74, 6) is 0. The summed E-state index contributed by atoms with van der Waals surface area (Å²) in [6, 6.07) is 4.12. The van der Waals surface area contributed by atoms with Crippen molar-refractivity contribution in [3.63, 3.8) is 0 Å². The first-order valence-electron chi connectivity index (χ1n) is 6.67. The zero-order valence-corrected chi connectivity index (χ0v) is 12.5. The Morgan fingerprint density at radius 3 is 2.85 bits per heavy atom. The van der Waals surface area contributed by atoms with Crippen molar-refractivity contribution in [3.05, 3.63) is 34.4 Å². The molecule has 0 saturated carbocycles. The van der Waals surface area contributed by atoms with Crippen molar-refractivity contribution in [2.75, 3.05) is 0 Å². The minimum absolute atomic E-state index is 0.173. The summed E-state index contributed by atoms with van der Waals surface area (Å²) < 4.78 is 1.58. The van der Waals surface area contributed by atoms with Crippen LogP contribution in [-0.2, 0) is 13.0 Å². The Morgan fingerprint density at radius 2 is 2.25 bits per heavy atom. The highest BCUT2D eigenvalue weighted by Gasteiger charge is 2.09. The van der Waals surface area contributed by atoms with Crippen molar-refractivity contribution in [2.45, 2.75) is 49.5 Å². The molecule has 2 heterocycles. The Morgan fingerprint density at radius 1 is 1.45 bits per heavy atom. The van der Waals surface area contributed by atoms with Gasteiger partial charge in [-0.05, 0) is 43.2 Å². The second-order valence-electron chi connectivity index (χ2n) is 4.53. The minimum atomic E-state index is -0.194. The predicted octanol–water partition coefficient (Wildman–Crippen LogP) is 1.42. The van der Waals surface area contributed by atoms with Crippen molar-refractivity contribution in [2.24, 2.45) is 5.73 Å². The molecule has 1 atom stereocenters. The molecule has 1 unspecified atom stereocenters. The van der Waals surface area contributed by atoms with Crippen LogP contribution in [0.15, 0.2) is 33.3 Å². The van der Waals surface area contributed by atoms with E-state index < -0.39 is 0 Å². The number of aromatic amines is 1. The normalized spacial score (nSPS) is 12.6. The molecule has 3 N–H and O–H groups in total. The molecular formula is C13H19N5OS. The van der Waals surface area contributed by atoms with Crippen LogP contribution in [0.5, 0.6) is 0 Å². The van der Waals surface area contributed by atoms with E-state index in [-0.39, 0.29) is 11.7 Å². The fraction of sp³-hybridized carbons (Fsp3) is 0.462. The SMILES string of the molecule is CCC(N)Cc1ccc(Sc2n[nH]c(=O)n2CC)nc1. The van der Waals surface area contributed by atoms with Crippen molar-refractivity contribution in [3.8, 4) is 0 Å². The van der Waals surface area contributed by atoms with Gasteiger partial charge in [-0.2, -0.15) is 0 Å². The lowest BCUT2D eigenvalue weighted by molar-refractivity contribution is 0.644. The van der Waals surface area contributed by atoms with E-state index in [9.17, 15) is 4.79 Å². The third kappa shape index (κ3) is 3.49. The molecular weight excluding hydrogens is 274 g/mol. The minimum Gasteiger partial charge on any atom is -0.327 e. The van der Waals surface area contributed by atoms with Gasteiger partial charge < -0.3 is 5.73 Å². The van der Waals surface area contributed by atoms with E-state index in [1.54, 1.807) is 4.57 Å². The number of pyridine rings is 1. The average Bonchev–Trinajstić information content (AvgIpc) is 2.81. The van der Waals surface area contributed by atoms with Crippen molar-refractivity contribution >= 4 is 11.8 Å². The molecule has 0 aliphatic carbocycles. The highest BCUT2D eigenvalue weighted by Crippen LogP contribution is 2.23. The molecule has 108 valence electrons. The van der Waals surface area contributed by atoms with E-state index in [4.69, 9.17) is 5.73 Å². The summed E-state index contributed by atoms with van der Waals surface area (Å²) in [7, 11) is 0. The first kappa shape index (κ1) is 14.8. The molecule has 6 nitrogen and oxygen atoms in total. The van der Waals surface area contributed by atoms with Crippen LogP contribution in [0.3, 0.4) is 0 Å². The first-order valence-corrected chi connectivity index (χ1v) is 7.49. The summed E-state index contributed by atoms with van der Waals surface area (Å²) in [5.41, 5.74) is 6.85. The molecule has 2 aromatic heterocycles. The van der Waals surface area contributed by atoms with Gasteiger partial charge in [0.25, 0.3) is 0 Å². The fourth-order valence-electron chi connectivity index (χ4n) is 1.79. The Kier molecular flexibility index (Phi) is 4.97. The topological polar surface area (TPSA) is 89.6 Å². The number of hydrogen-bond acceptors (Lipinski definition) is 5. The van der Waals surface area contributed by atoms with E-state index >= 15 is 0 Å². The first-order chi connectivity index (χ1) is 9.63. The molecule has 2 rings (SSSR count). The van der Waals surface area contributed by atoms with Gasteiger partial charge in [-0.15, -0.1) is 5.10 Å². The standard InChI is InChI=1S/C13H19N5OS/c1-3-10(14)7-9-5-6-11(15-8-9)20-13-17-16-12(19)18(13)4-2/h5-6,8,10H,3-4,7,14H2,1-2H3,(H,16,19). The van der Waals surface area contributed by atoms with E-state index in [0.29, 0.717) is 11.7 Å². The Hall–Kier alpha value is -1.60. The average molecular weight is 293 g/mol.